The Morgan fingerprint density at radius 2 is 2.03 bits per heavy atom. The lowest BCUT2D eigenvalue weighted by molar-refractivity contribution is -0.128. The largest absolute Gasteiger partial charge is 0.476 e. The maximum Gasteiger partial charge on any atom is 0.323 e. The number of likely N-dealkylation sites (N-methyl/N-ethyl adjacent to an activating group) is 1. The number of hydrogen-bond acceptors (Lipinski definition) is 8. The third-order valence-corrected chi connectivity index (χ3v) is 8.17. The Morgan fingerprint density at radius 3 is 2.80 bits per heavy atom. The molecule has 2 aromatic heterocycles. The summed E-state index contributed by atoms with van der Waals surface area (Å²) in [5.41, 5.74) is 0.924. The van der Waals surface area contributed by atoms with Gasteiger partial charge in [-0.3, -0.25) is 9.69 Å². The van der Waals surface area contributed by atoms with E-state index in [4.69, 9.17) is 19.2 Å². The minimum Gasteiger partial charge on any atom is -0.476 e. The second-order valence-corrected chi connectivity index (χ2v) is 10.3. The van der Waals surface area contributed by atoms with Gasteiger partial charge in [0.2, 0.25) is 5.88 Å². The van der Waals surface area contributed by atoms with Crippen LogP contribution in [0.15, 0.2) is 10.6 Å². The van der Waals surface area contributed by atoms with Gasteiger partial charge in [0.15, 0.2) is 17.3 Å². The first-order chi connectivity index (χ1) is 17.0. The maximum atomic E-state index is 13.0. The van der Waals surface area contributed by atoms with E-state index in [0.29, 0.717) is 61.1 Å². The van der Waals surface area contributed by atoms with Crippen LogP contribution in [-0.4, -0.2) is 71.2 Å². The van der Waals surface area contributed by atoms with Crippen LogP contribution >= 0.6 is 0 Å². The molecule has 2 atom stereocenters. The summed E-state index contributed by atoms with van der Waals surface area (Å²) < 4.78 is 12.0. The molecule has 2 amide bonds. The highest BCUT2D eigenvalue weighted by Crippen LogP contribution is 2.47. The highest BCUT2D eigenvalue weighted by atomic mass is 16.5. The third kappa shape index (κ3) is 3.87. The molecular formula is C25H32N6O4. The number of aromatic nitrogens is 3. The van der Waals surface area contributed by atoms with Gasteiger partial charge in [0, 0.05) is 37.2 Å². The van der Waals surface area contributed by atoms with Crippen molar-refractivity contribution in [3.63, 3.8) is 0 Å². The van der Waals surface area contributed by atoms with Crippen LogP contribution in [0.25, 0.3) is 11.5 Å². The number of amides is 2. The molecule has 2 aliphatic carbocycles. The topological polar surface area (TPSA) is 114 Å². The molecule has 0 bridgehead atoms. The zero-order valence-corrected chi connectivity index (χ0v) is 20.2. The molecular weight excluding hydrogens is 448 g/mol. The maximum absolute atomic E-state index is 13.0. The molecule has 10 nitrogen and oxygen atoms in total. The van der Waals surface area contributed by atoms with Crippen molar-refractivity contribution in [2.24, 2.45) is 0 Å². The molecule has 2 saturated heterocycles. The highest BCUT2D eigenvalue weighted by Gasteiger charge is 2.48. The molecule has 0 aromatic carbocycles. The van der Waals surface area contributed by atoms with E-state index in [-0.39, 0.29) is 11.8 Å². The fourth-order valence-electron chi connectivity index (χ4n) is 6.16. The third-order valence-electron chi connectivity index (χ3n) is 8.17. The SMILES string of the molecule is CN1CCC[C@H]1COc1cc(N2CCNC2=O)nc(-c2noc3c2CCC[C@@]32CCCCC2=O)n1. The first-order valence-electron chi connectivity index (χ1n) is 12.9. The van der Waals surface area contributed by atoms with E-state index in [1.807, 2.05) is 0 Å². The van der Waals surface area contributed by atoms with E-state index in [0.717, 1.165) is 63.5 Å². The van der Waals surface area contributed by atoms with Crippen molar-refractivity contribution >= 4 is 17.6 Å². The highest BCUT2D eigenvalue weighted by molar-refractivity contribution is 5.93. The van der Waals surface area contributed by atoms with Gasteiger partial charge in [0.1, 0.15) is 18.2 Å². The number of anilines is 1. The van der Waals surface area contributed by atoms with E-state index >= 15 is 0 Å². The van der Waals surface area contributed by atoms with Crippen molar-refractivity contribution in [3.05, 3.63) is 17.4 Å². The summed E-state index contributed by atoms with van der Waals surface area (Å²) in [4.78, 5) is 38.8. The smallest absolute Gasteiger partial charge is 0.323 e. The molecule has 2 aliphatic heterocycles. The van der Waals surface area contributed by atoms with Crippen molar-refractivity contribution in [2.45, 2.75) is 69.2 Å². The normalized spacial score (nSPS) is 26.9. The summed E-state index contributed by atoms with van der Waals surface area (Å²) in [6.07, 6.45) is 8.09. The number of ether oxygens (including phenoxy) is 1. The van der Waals surface area contributed by atoms with Gasteiger partial charge in [0.05, 0.1) is 5.41 Å². The van der Waals surface area contributed by atoms with Crippen molar-refractivity contribution < 1.29 is 18.8 Å². The van der Waals surface area contributed by atoms with Crippen LogP contribution < -0.4 is 15.0 Å². The van der Waals surface area contributed by atoms with Crippen molar-refractivity contribution in [2.75, 3.05) is 38.2 Å². The van der Waals surface area contributed by atoms with Crippen LogP contribution in [0.5, 0.6) is 5.88 Å². The fourth-order valence-corrected chi connectivity index (χ4v) is 6.16. The van der Waals surface area contributed by atoms with Gasteiger partial charge in [-0.05, 0) is 58.5 Å². The predicted octanol–water partition coefficient (Wildman–Crippen LogP) is 2.85. The van der Waals surface area contributed by atoms with Gasteiger partial charge in [-0.15, -0.1) is 0 Å². The van der Waals surface area contributed by atoms with Gasteiger partial charge in [-0.25, -0.2) is 9.78 Å². The molecule has 4 aliphatic rings. The number of hydrogen-bond donors (Lipinski definition) is 1. The lowest BCUT2D eigenvalue weighted by Gasteiger charge is -2.36. The average Bonchev–Trinajstić information content (AvgIpc) is 3.60. The Morgan fingerprint density at radius 1 is 1.14 bits per heavy atom. The minimum absolute atomic E-state index is 0.190. The molecule has 0 unspecified atom stereocenters. The lowest BCUT2D eigenvalue weighted by atomic mass is 9.64. The molecule has 0 radical (unpaired) electrons. The van der Waals surface area contributed by atoms with Crippen LogP contribution in [0.1, 0.15) is 62.7 Å². The molecule has 1 spiro atoms. The van der Waals surface area contributed by atoms with Crippen molar-refractivity contribution in [3.8, 4) is 17.4 Å². The summed E-state index contributed by atoms with van der Waals surface area (Å²) in [7, 11) is 2.11. The van der Waals surface area contributed by atoms with E-state index in [1.54, 1.807) is 11.0 Å². The summed E-state index contributed by atoms with van der Waals surface area (Å²) in [5, 5.41) is 7.22. The minimum atomic E-state index is -0.560. The average molecular weight is 481 g/mol. The van der Waals surface area contributed by atoms with Crippen molar-refractivity contribution in [1.29, 1.82) is 0 Å². The van der Waals surface area contributed by atoms with Crippen LogP contribution in [-0.2, 0) is 16.6 Å². The number of rotatable bonds is 5. The Kier molecular flexibility index (Phi) is 5.70. The van der Waals surface area contributed by atoms with Crippen LogP contribution in [0.2, 0.25) is 0 Å². The standard InChI is InChI=1S/C25H32N6O4/c1-30-12-5-6-16(30)15-34-20-14-19(31-13-11-26-24(31)33)27-23(28-20)21-17-7-4-10-25(22(17)35-29-21)9-3-2-8-18(25)32/h14,16H,2-13,15H2,1H3,(H,26,33)/t16-,25+/m0/s1. The Hall–Kier alpha value is -3.01. The summed E-state index contributed by atoms with van der Waals surface area (Å²) in [6, 6.07) is 1.87. The molecule has 6 rings (SSSR count). The Balaban J connectivity index is 1.37. The molecule has 3 fully saturated rings. The monoisotopic (exact) mass is 480 g/mol. The predicted molar refractivity (Wildman–Crippen MR) is 128 cm³/mol. The lowest BCUT2D eigenvalue weighted by Crippen LogP contribution is -2.41. The van der Waals surface area contributed by atoms with Gasteiger partial charge < -0.3 is 19.5 Å². The molecule has 186 valence electrons. The number of likely N-dealkylation sites (tertiary alicyclic amines) is 1. The summed E-state index contributed by atoms with van der Waals surface area (Å²) in [6.45, 7) is 2.67. The van der Waals surface area contributed by atoms with Crippen LogP contribution in [0, 0.1) is 0 Å². The molecule has 1 saturated carbocycles. The van der Waals surface area contributed by atoms with Crippen LogP contribution in [0.4, 0.5) is 10.6 Å². The quantitative estimate of drug-likeness (QED) is 0.695. The fraction of sp³-hybridized carbons (Fsp3) is 0.640. The molecule has 4 heterocycles. The number of fused-ring (bicyclic) bond motifs is 2. The molecule has 1 N–H and O–H groups in total. The Bertz CT molecular complexity index is 1150. The Labute approximate surface area is 204 Å². The summed E-state index contributed by atoms with van der Waals surface area (Å²) >= 11 is 0. The second kappa shape index (κ2) is 8.89. The number of urea groups is 1. The van der Waals surface area contributed by atoms with Crippen molar-refractivity contribution in [1.82, 2.24) is 25.3 Å². The first kappa shape index (κ1) is 22.5. The first-order valence-corrected chi connectivity index (χ1v) is 12.9. The number of carbonyl (C=O) groups is 2. The molecule has 2 aromatic rings. The van der Waals surface area contributed by atoms with Crippen LogP contribution in [0.3, 0.4) is 0 Å². The number of nitrogens with zero attached hydrogens (tertiary/aromatic N) is 5. The zero-order chi connectivity index (χ0) is 24.0. The van der Waals surface area contributed by atoms with Gasteiger partial charge in [-0.2, -0.15) is 4.98 Å². The van der Waals surface area contributed by atoms with Gasteiger partial charge in [0.25, 0.3) is 0 Å². The number of nitrogens with one attached hydrogen (secondary N) is 1. The molecule has 10 heteroatoms. The summed E-state index contributed by atoms with van der Waals surface area (Å²) in [5.74, 6) is 2.24. The van der Waals surface area contributed by atoms with E-state index in [1.165, 1.54) is 0 Å². The second-order valence-electron chi connectivity index (χ2n) is 10.3. The van der Waals surface area contributed by atoms with E-state index in [2.05, 4.69) is 22.4 Å². The zero-order valence-electron chi connectivity index (χ0n) is 20.2. The number of carbonyl (C=O) groups excluding carboxylic acids is 2. The van der Waals surface area contributed by atoms with E-state index < -0.39 is 5.41 Å². The molecule has 35 heavy (non-hydrogen) atoms. The van der Waals surface area contributed by atoms with Gasteiger partial charge in [-0.1, -0.05) is 11.6 Å². The van der Waals surface area contributed by atoms with E-state index in [9.17, 15) is 9.59 Å². The number of Topliss-reactive ketones (excluding diaryl/α,β-unsaturated/α-hetero) is 1. The number of ketones is 1. The van der Waals surface area contributed by atoms with Gasteiger partial charge >= 0.3 is 6.03 Å².